The number of alkyl halides is 3. The van der Waals surface area contributed by atoms with E-state index in [2.05, 4.69) is 5.92 Å². The van der Waals surface area contributed by atoms with E-state index in [1.807, 2.05) is 6.07 Å². The van der Waals surface area contributed by atoms with E-state index in [4.69, 9.17) is 28.0 Å². The Kier molecular flexibility index (Phi) is 5.21. The second kappa shape index (κ2) is 6.97. The fraction of sp³-hybridized carbons (Fsp3) is 0.300. The second-order valence-electron chi connectivity index (χ2n) is 6.74. The molecule has 0 spiro atoms. The molecule has 8 heteroatoms. The third-order valence-electron chi connectivity index (χ3n) is 4.73. The lowest BCUT2D eigenvalue weighted by Gasteiger charge is -2.43. The molecular weight excluding hydrogens is 369 g/mol. The summed E-state index contributed by atoms with van der Waals surface area (Å²) in [5.41, 5.74) is 9.47. The Morgan fingerprint density at radius 3 is 2.36 bits per heavy atom. The monoisotopic (exact) mass is 388 g/mol. The first-order chi connectivity index (χ1) is 12.9. The van der Waals surface area contributed by atoms with Crippen LogP contribution < -0.4 is 11.5 Å². The first-order valence-electron chi connectivity index (χ1n) is 8.24. The summed E-state index contributed by atoms with van der Waals surface area (Å²) in [5.74, 6) is 0.923. The van der Waals surface area contributed by atoms with E-state index in [0.717, 1.165) is 12.1 Å². The number of ether oxygens (including phenoxy) is 1. The van der Waals surface area contributed by atoms with Crippen LogP contribution in [0.15, 0.2) is 40.9 Å². The lowest BCUT2D eigenvalue weighted by molar-refractivity contribution is -0.137. The third kappa shape index (κ3) is 3.07. The van der Waals surface area contributed by atoms with Gasteiger partial charge in [0.25, 0.3) is 0 Å². The molecule has 0 radical (unpaired) electrons. The van der Waals surface area contributed by atoms with Crippen molar-refractivity contribution in [1.82, 2.24) is 0 Å². The highest BCUT2D eigenvalue weighted by Crippen LogP contribution is 2.50. The maximum Gasteiger partial charge on any atom is 0.416 e. The zero-order valence-corrected chi connectivity index (χ0v) is 15.5. The Balaban J connectivity index is 3.11. The summed E-state index contributed by atoms with van der Waals surface area (Å²) in [6.45, 7) is 4.88. The molecule has 0 aliphatic carbocycles. The van der Waals surface area contributed by atoms with Gasteiger partial charge in [-0.15, -0.1) is 6.42 Å². The highest BCUT2D eigenvalue weighted by atomic mass is 19.4. The van der Waals surface area contributed by atoms with Gasteiger partial charge in [0.15, 0.2) is 0 Å². The summed E-state index contributed by atoms with van der Waals surface area (Å²) in [6.07, 6.45) is 0.709. The summed E-state index contributed by atoms with van der Waals surface area (Å²) >= 11 is 0. The smallest absolute Gasteiger partial charge is 0.416 e. The Bertz CT molecular complexity index is 986. The molecule has 5 N–H and O–H groups in total. The van der Waals surface area contributed by atoms with Gasteiger partial charge in [0.05, 0.1) is 11.0 Å². The summed E-state index contributed by atoms with van der Waals surface area (Å²) in [6, 6.07) is 5.07. The molecule has 1 aromatic carbocycles. The number of nitrogens with two attached hydrogens (primary N) is 2. The predicted octanol–water partition coefficient (Wildman–Crippen LogP) is 3.51. The molecule has 0 fully saturated rings. The van der Waals surface area contributed by atoms with Gasteiger partial charge in [0.2, 0.25) is 11.8 Å². The minimum absolute atomic E-state index is 0.0206. The third-order valence-corrected chi connectivity index (χ3v) is 4.73. The Morgan fingerprint density at radius 2 is 1.93 bits per heavy atom. The van der Waals surface area contributed by atoms with E-state index < -0.39 is 29.0 Å². The average Bonchev–Trinajstić information content (AvgIpc) is 2.58. The van der Waals surface area contributed by atoms with Crippen LogP contribution in [0.2, 0.25) is 0 Å². The molecule has 1 aromatic rings. The Labute approximate surface area is 161 Å². The number of hydrogen-bond acceptors (Lipinski definition) is 5. The molecule has 1 aliphatic rings. The van der Waals surface area contributed by atoms with Crippen LogP contribution >= 0.6 is 0 Å². The number of allylic oxidation sites excluding steroid dienone is 2. The lowest BCUT2D eigenvalue weighted by atomic mass is 9.60. The van der Waals surface area contributed by atoms with Crippen molar-refractivity contribution in [2.75, 3.05) is 0 Å². The van der Waals surface area contributed by atoms with Crippen LogP contribution in [-0.2, 0) is 16.3 Å². The molecule has 146 valence electrons. The van der Waals surface area contributed by atoms with E-state index >= 15 is 0 Å². The average molecular weight is 388 g/mol. The minimum atomic E-state index is -4.66. The van der Waals surface area contributed by atoms with Crippen LogP contribution in [-0.4, -0.2) is 5.90 Å². The number of rotatable bonds is 2. The predicted molar refractivity (Wildman–Crippen MR) is 98.4 cm³/mol. The number of nitriles is 1. The quantitative estimate of drug-likeness (QED) is 0.674. The zero-order chi connectivity index (χ0) is 21.4. The summed E-state index contributed by atoms with van der Waals surface area (Å²) < 4.78 is 45.6. The first kappa shape index (κ1) is 20.9. The fourth-order valence-electron chi connectivity index (χ4n) is 3.65. The Morgan fingerprint density at radius 1 is 1.32 bits per heavy atom. The molecule has 5 nitrogen and oxygen atoms in total. The van der Waals surface area contributed by atoms with E-state index in [-0.39, 0.29) is 33.9 Å². The highest BCUT2D eigenvalue weighted by molar-refractivity contribution is 5.98. The second-order valence-corrected chi connectivity index (χ2v) is 6.74. The molecular formula is C20H19F3N4O. The molecule has 28 heavy (non-hydrogen) atoms. The van der Waals surface area contributed by atoms with Gasteiger partial charge in [0, 0.05) is 16.8 Å². The molecule has 0 amide bonds. The number of benzene rings is 1. The van der Waals surface area contributed by atoms with Gasteiger partial charge in [-0.1, -0.05) is 19.8 Å². The van der Waals surface area contributed by atoms with Crippen LogP contribution in [0.4, 0.5) is 13.2 Å². The largest absolute Gasteiger partial charge is 0.422 e. The molecule has 1 atom stereocenters. The molecule has 0 saturated heterocycles. The van der Waals surface area contributed by atoms with Crippen molar-refractivity contribution in [3.8, 4) is 18.4 Å². The molecule has 1 aliphatic heterocycles. The van der Waals surface area contributed by atoms with E-state index in [1.54, 1.807) is 13.8 Å². The van der Waals surface area contributed by atoms with Crippen LogP contribution in [0.1, 0.15) is 37.5 Å². The van der Waals surface area contributed by atoms with Crippen molar-refractivity contribution < 1.29 is 17.9 Å². The molecule has 0 bridgehead atoms. The standard InChI is InChI=1S/C20H19F3N4O/c1-5-12-6-13(8-14(7-12)20(21,22)23)19(10(2)3)15(9-24)17(26)28-18(27)16(19)11(4)25/h1,6-8,10,27H,25-26H2,2-4H3/b16-11+,27-18?. The van der Waals surface area contributed by atoms with Crippen LogP contribution in [0.5, 0.6) is 0 Å². The molecule has 1 unspecified atom stereocenters. The summed E-state index contributed by atoms with van der Waals surface area (Å²) in [7, 11) is 0. The number of terminal acetylenes is 1. The minimum Gasteiger partial charge on any atom is -0.422 e. The zero-order valence-electron chi connectivity index (χ0n) is 15.5. The van der Waals surface area contributed by atoms with Gasteiger partial charge in [0.1, 0.15) is 11.6 Å². The van der Waals surface area contributed by atoms with Gasteiger partial charge in [-0.05, 0) is 36.6 Å². The summed E-state index contributed by atoms with van der Waals surface area (Å²) in [4.78, 5) is 0. The van der Waals surface area contributed by atoms with Gasteiger partial charge < -0.3 is 16.2 Å². The normalized spacial score (nSPS) is 21.8. The number of nitrogens with zero attached hydrogens (tertiary/aromatic N) is 1. The van der Waals surface area contributed by atoms with Gasteiger partial charge in [-0.3, -0.25) is 5.41 Å². The fourth-order valence-corrected chi connectivity index (χ4v) is 3.65. The number of hydrogen-bond donors (Lipinski definition) is 3. The maximum absolute atomic E-state index is 13.5. The van der Waals surface area contributed by atoms with Gasteiger partial charge in [-0.2, -0.15) is 18.4 Å². The Hall–Kier alpha value is -3.39. The maximum atomic E-state index is 13.5. The van der Waals surface area contributed by atoms with Gasteiger partial charge >= 0.3 is 6.18 Å². The van der Waals surface area contributed by atoms with Crippen molar-refractivity contribution in [3.05, 3.63) is 57.6 Å². The SMILES string of the molecule is C#Cc1cc(C(F)(F)F)cc(C2(C(C)C)C(C#N)=C(N)OC(=N)/C2=C(/C)N)c1. The van der Waals surface area contributed by atoms with Crippen molar-refractivity contribution in [1.29, 1.82) is 10.7 Å². The molecule has 2 rings (SSSR count). The van der Waals surface area contributed by atoms with Crippen LogP contribution in [0.3, 0.4) is 0 Å². The highest BCUT2D eigenvalue weighted by Gasteiger charge is 2.51. The topological polar surface area (TPSA) is 109 Å². The van der Waals surface area contributed by atoms with Crippen molar-refractivity contribution >= 4 is 5.90 Å². The van der Waals surface area contributed by atoms with E-state index in [1.165, 1.54) is 13.0 Å². The number of nitrogens with one attached hydrogen (secondary N) is 1. The number of halogens is 3. The van der Waals surface area contributed by atoms with Crippen molar-refractivity contribution in [2.45, 2.75) is 32.4 Å². The van der Waals surface area contributed by atoms with Crippen LogP contribution in [0, 0.1) is 35.0 Å². The molecule has 0 saturated carbocycles. The van der Waals surface area contributed by atoms with E-state index in [0.29, 0.717) is 0 Å². The summed E-state index contributed by atoms with van der Waals surface area (Å²) in [5, 5.41) is 18.0. The van der Waals surface area contributed by atoms with Crippen molar-refractivity contribution in [2.24, 2.45) is 17.4 Å². The van der Waals surface area contributed by atoms with E-state index in [9.17, 15) is 18.4 Å². The van der Waals surface area contributed by atoms with Gasteiger partial charge in [-0.25, -0.2) is 0 Å². The lowest BCUT2D eigenvalue weighted by Crippen LogP contribution is -2.46. The first-order valence-corrected chi connectivity index (χ1v) is 8.24. The molecule has 0 aromatic heterocycles. The molecule has 1 heterocycles. The van der Waals surface area contributed by atoms with Crippen LogP contribution in [0.25, 0.3) is 0 Å². The van der Waals surface area contributed by atoms with Crippen molar-refractivity contribution in [3.63, 3.8) is 0 Å².